The lowest BCUT2D eigenvalue weighted by atomic mass is 9.89. The van der Waals surface area contributed by atoms with Crippen LogP contribution in [0.4, 0.5) is 5.69 Å². The minimum Gasteiger partial charge on any atom is -0.465 e. The predicted octanol–water partition coefficient (Wildman–Crippen LogP) is 6.38. The van der Waals surface area contributed by atoms with E-state index < -0.39 is 0 Å². The molecule has 2 aromatic rings. The number of aryl methyl sites for hydroxylation is 2. The first kappa shape index (κ1) is 24.3. The minimum absolute atomic E-state index is 0. The molecule has 0 fully saturated rings. The van der Waals surface area contributed by atoms with E-state index in [0.29, 0.717) is 12.1 Å². The highest BCUT2D eigenvalue weighted by molar-refractivity contribution is 6.08. The average Bonchev–Trinajstić information content (AvgIpc) is 2.79. The van der Waals surface area contributed by atoms with Gasteiger partial charge in [-0.15, -0.1) is 12.4 Å². The molecule has 4 rings (SSSR count). The number of anilines is 1. The lowest BCUT2D eigenvalue weighted by Gasteiger charge is -2.19. The highest BCUT2D eigenvalue weighted by Gasteiger charge is 2.23. The van der Waals surface area contributed by atoms with Crippen molar-refractivity contribution in [1.29, 1.82) is 0 Å². The van der Waals surface area contributed by atoms with Gasteiger partial charge in [0.25, 0.3) is 0 Å². The number of carbonyl (C=O) groups is 1. The number of methoxy groups -OCH3 is 1. The van der Waals surface area contributed by atoms with Crippen LogP contribution in [0.1, 0.15) is 35.3 Å². The molecule has 0 bridgehead atoms. The summed E-state index contributed by atoms with van der Waals surface area (Å²) in [6, 6.07) is 15.8. The predicted molar refractivity (Wildman–Crippen MR) is 137 cm³/mol. The summed E-state index contributed by atoms with van der Waals surface area (Å²) in [6.45, 7) is 9.73. The van der Waals surface area contributed by atoms with Crippen molar-refractivity contribution < 1.29 is 13.9 Å². The maximum Gasteiger partial charge on any atom is 0.338 e. The van der Waals surface area contributed by atoms with E-state index in [9.17, 15) is 4.79 Å². The lowest BCUT2D eigenvalue weighted by molar-refractivity contribution is 0.0601. The number of carbonyl (C=O) groups excluding carboxylic acids is 1. The summed E-state index contributed by atoms with van der Waals surface area (Å²) in [4.78, 5) is 17.2. The van der Waals surface area contributed by atoms with Gasteiger partial charge < -0.3 is 14.5 Å². The SMILES string of the molecule is CCN=c1cc2oc3cc(NCC)c(C)cc3c(-c3ccccc3C(=O)OC)c-2cc1C.Cl. The van der Waals surface area contributed by atoms with Gasteiger partial charge in [0.05, 0.1) is 18.0 Å². The number of esters is 1. The Kier molecular flexibility index (Phi) is 7.44. The van der Waals surface area contributed by atoms with Crippen LogP contribution in [0.5, 0.6) is 0 Å². The molecule has 2 aromatic carbocycles. The van der Waals surface area contributed by atoms with Gasteiger partial charge in [-0.05, 0) is 62.6 Å². The number of halogens is 1. The number of nitrogens with one attached hydrogen (secondary N) is 1. The van der Waals surface area contributed by atoms with E-state index in [-0.39, 0.29) is 18.4 Å². The van der Waals surface area contributed by atoms with Crippen molar-refractivity contribution in [3.8, 4) is 22.5 Å². The molecule has 0 radical (unpaired) electrons. The molecule has 0 saturated heterocycles. The Labute approximate surface area is 200 Å². The van der Waals surface area contributed by atoms with Gasteiger partial charge in [-0.25, -0.2) is 4.79 Å². The van der Waals surface area contributed by atoms with E-state index in [4.69, 9.17) is 9.15 Å². The lowest BCUT2D eigenvalue weighted by Crippen LogP contribution is -2.10. The second kappa shape index (κ2) is 10.1. The Bertz CT molecular complexity index is 1360. The highest BCUT2D eigenvalue weighted by atomic mass is 35.5. The van der Waals surface area contributed by atoms with Crippen molar-refractivity contribution in [1.82, 2.24) is 0 Å². The first-order valence-corrected chi connectivity index (χ1v) is 10.9. The molecular weight excluding hydrogens is 436 g/mol. The molecule has 6 heteroatoms. The molecule has 1 N–H and O–H groups in total. The Hall–Kier alpha value is -3.31. The smallest absolute Gasteiger partial charge is 0.338 e. The Morgan fingerprint density at radius 3 is 2.48 bits per heavy atom. The average molecular weight is 465 g/mol. The highest BCUT2D eigenvalue weighted by Crippen LogP contribution is 2.42. The maximum absolute atomic E-state index is 12.6. The van der Waals surface area contributed by atoms with Crippen LogP contribution in [0.2, 0.25) is 0 Å². The first-order valence-electron chi connectivity index (χ1n) is 10.9. The molecule has 0 saturated carbocycles. The topological polar surface area (TPSA) is 63.8 Å². The number of hydrogen-bond donors (Lipinski definition) is 1. The maximum atomic E-state index is 12.6. The quantitative estimate of drug-likeness (QED) is 0.275. The van der Waals surface area contributed by atoms with Gasteiger partial charge in [-0.1, -0.05) is 18.2 Å². The van der Waals surface area contributed by atoms with Gasteiger partial charge in [-0.3, -0.25) is 4.99 Å². The molecule has 1 aliphatic carbocycles. The zero-order valence-electron chi connectivity index (χ0n) is 19.6. The zero-order chi connectivity index (χ0) is 22.8. The molecule has 0 atom stereocenters. The third-order valence-electron chi connectivity index (χ3n) is 5.68. The molecule has 2 aliphatic rings. The van der Waals surface area contributed by atoms with E-state index >= 15 is 0 Å². The fourth-order valence-corrected chi connectivity index (χ4v) is 4.19. The number of ether oxygens (including phenoxy) is 1. The second-order valence-corrected chi connectivity index (χ2v) is 7.82. The van der Waals surface area contributed by atoms with Crippen molar-refractivity contribution in [3.63, 3.8) is 0 Å². The number of rotatable bonds is 5. The normalized spacial score (nSPS) is 11.5. The van der Waals surface area contributed by atoms with Gasteiger partial charge in [0.15, 0.2) is 0 Å². The molecule has 0 amide bonds. The number of fused-ring (bicyclic) bond motifs is 2. The Morgan fingerprint density at radius 2 is 1.79 bits per heavy atom. The number of benzene rings is 3. The summed E-state index contributed by atoms with van der Waals surface area (Å²) in [6.07, 6.45) is 0. The van der Waals surface area contributed by atoms with E-state index in [1.807, 2.05) is 44.2 Å². The van der Waals surface area contributed by atoms with Crippen molar-refractivity contribution in [2.45, 2.75) is 27.7 Å². The fourth-order valence-electron chi connectivity index (χ4n) is 4.19. The summed E-state index contributed by atoms with van der Waals surface area (Å²) >= 11 is 0. The molecule has 172 valence electrons. The summed E-state index contributed by atoms with van der Waals surface area (Å²) < 4.78 is 11.5. The van der Waals surface area contributed by atoms with Gasteiger partial charge in [0.1, 0.15) is 11.3 Å². The summed E-state index contributed by atoms with van der Waals surface area (Å²) in [5.74, 6) is 0.370. The van der Waals surface area contributed by atoms with Crippen LogP contribution in [-0.4, -0.2) is 26.2 Å². The van der Waals surface area contributed by atoms with Crippen molar-refractivity contribution >= 4 is 35.0 Å². The molecule has 33 heavy (non-hydrogen) atoms. The standard InChI is InChI=1S/C27H28N2O3.ClH/c1-6-28-22-14-24-20(12-16(22)3)26(18-10-8-9-11-19(18)27(30)31-5)21-13-17(4)23(29-7-2)15-25(21)32-24;/h8-15,28H,6-7H2,1-5H3;1H. The van der Waals surface area contributed by atoms with Crippen LogP contribution in [0, 0.1) is 13.8 Å². The Morgan fingerprint density at radius 1 is 1.03 bits per heavy atom. The van der Waals surface area contributed by atoms with Crippen molar-refractivity contribution in [3.05, 3.63) is 70.6 Å². The van der Waals surface area contributed by atoms with Crippen LogP contribution in [0.3, 0.4) is 0 Å². The first-order chi connectivity index (χ1) is 15.5. The molecular formula is C27H29ClN2O3. The molecule has 0 unspecified atom stereocenters. The molecule has 1 heterocycles. The molecule has 0 spiro atoms. The Balaban J connectivity index is 0.00000306. The molecule has 0 aromatic heterocycles. The molecule has 5 nitrogen and oxygen atoms in total. The van der Waals surface area contributed by atoms with E-state index in [1.54, 1.807) is 6.07 Å². The van der Waals surface area contributed by atoms with Crippen LogP contribution >= 0.6 is 12.4 Å². The third kappa shape index (κ3) is 4.46. The van der Waals surface area contributed by atoms with Crippen molar-refractivity contribution in [2.75, 3.05) is 25.5 Å². The summed E-state index contributed by atoms with van der Waals surface area (Å²) in [5, 5.41) is 5.27. The van der Waals surface area contributed by atoms with Crippen LogP contribution in [0.15, 0.2) is 57.9 Å². The second-order valence-electron chi connectivity index (χ2n) is 7.82. The van der Waals surface area contributed by atoms with Crippen LogP contribution < -0.4 is 10.7 Å². The fraction of sp³-hybridized carbons (Fsp3) is 0.259. The van der Waals surface area contributed by atoms with Gasteiger partial charge >= 0.3 is 5.97 Å². The number of hydrogen-bond acceptors (Lipinski definition) is 5. The summed E-state index contributed by atoms with van der Waals surface area (Å²) in [5.41, 5.74) is 7.20. The number of nitrogens with zero attached hydrogens (tertiary/aromatic N) is 1. The van der Waals surface area contributed by atoms with Crippen LogP contribution in [-0.2, 0) is 4.74 Å². The third-order valence-corrected chi connectivity index (χ3v) is 5.68. The monoisotopic (exact) mass is 464 g/mol. The largest absolute Gasteiger partial charge is 0.465 e. The van der Waals surface area contributed by atoms with E-state index in [2.05, 4.69) is 36.3 Å². The van der Waals surface area contributed by atoms with E-state index in [1.165, 1.54) is 7.11 Å². The van der Waals surface area contributed by atoms with Gasteiger partial charge in [0, 0.05) is 47.4 Å². The zero-order valence-corrected chi connectivity index (χ0v) is 20.4. The van der Waals surface area contributed by atoms with Crippen molar-refractivity contribution in [2.24, 2.45) is 4.99 Å². The van der Waals surface area contributed by atoms with E-state index in [0.717, 1.165) is 62.1 Å². The minimum atomic E-state index is -0.363. The van der Waals surface area contributed by atoms with Gasteiger partial charge in [-0.2, -0.15) is 0 Å². The molecule has 1 aliphatic heterocycles. The van der Waals surface area contributed by atoms with Crippen LogP contribution in [0.25, 0.3) is 33.4 Å². The van der Waals surface area contributed by atoms with Gasteiger partial charge in [0.2, 0.25) is 0 Å². The summed E-state index contributed by atoms with van der Waals surface area (Å²) in [7, 11) is 1.41.